The maximum atomic E-state index is 3.55. The SMILES string of the molecule is CSN1CCN(SC)C1NC(C)C. The summed E-state index contributed by atoms with van der Waals surface area (Å²) in [5.74, 6) is 0. The molecule has 0 atom stereocenters. The second-order valence-electron chi connectivity index (χ2n) is 3.34. The predicted molar refractivity (Wildman–Crippen MR) is 62.5 cm³/mol. The van der Waals surface area contributed by atoms with E-state index in [0.717, 1.165) is 13.1 Å². The smallest absolute Gasteiger partial charge is 0.135 e. The van der Waals surface area contributed by atoms with Crippen molar-refractivity contribution in [1.82, 2.24) is 13.9 Å². The molecule has 13 heavy (non-hydrogen) atoms. The van der Waals surface area contributed by atoms with Crippen LogP contribution < -0.4 is 5.32 Å². The highest BCUT2D eigenvalue weighted by molar-refractivity contribution is 7.97. The summed E-state index contributed by atoms with van der Waals surface area (Å²) in [6.07, 6.45) is 4.67. The van der Waals surface area contributed by atoms with Gasteiger partial charge in [-0.3, -0.25) is 5.32 Å². The van der Waals surface area contributed by atoms with E-state index in [2.05, 4.69) is 40.3 Å². The quantitative estimate of drug-likeness (QED) is 0.722. The topological polar surface area (TPSA) is 18.5 Å². The molecule has 1 saturated heterocycles. The predicted octanol–water partition coefficient (Wildman–Crippen LogP) is 1.44. The van der Waals surface area contributed by atoms with Gasteiger partial charge in [0.2, 0.25) is 0 Å². The van der Waals surface area contributed by atoms with Crippen LogP contribution in [0.15, 0.2) is 0 Å². The third-order valence-corrected chi connectivity index (χ3v) is 3.74. The lowest BCUT2D eigenvalue weighted by atomic mass is 10.4. The van der Waals surface area contributed by atoms with Crippen LogP contribution in [0, 0.1) is 0 Å². The van der Waals surface area contributed by atoms with Crippen molar-refractivity contribution < 1.29 is 0 Å². The summed E-state index contributed by atoms with van der Waals surface area (Å²) in [5.41, 5.74) is 0. The summed E-state index contributed by atoms with van der Waals surface area (Å²) in [7, 11) is 0. The van der Waals surface area contributed by atoms with E-state index in [9.17, 15) is 0 Å². The summed E-state index contributed by atoms with van der Waals surface area (Å²) >= 11 is 3.63. The second-order valence-corrected chi connectivity index (χ2v) is 5.01. The number of nitrogens with zero attached hydrogens (tertiary/aromatic N) is 2. The normalized spacial score (nSPS) is 21.9. The fourth-order valence-electron chi connectivity index (χ4n) is 1.43. The molecule has 78 valence electrons. The Balaban J connectivity index is 2.51. The molecule has 0 saturated carbocycles. The Morgan fingerprint density at radius 2 is 1.62 bits per heavy atom. The molecule has 0 radical (unpaired) electrons. The number of hydrogen-bond donors (Lipinski definition) is 1. The Morgan fingerprint density at radius 3 is 1.92 bits per heavy atom. The molecule has 0 amide bonds. The second kappa shape index (κ2) is 5.46. The molecule has 1 heterocycles. The number of hydrogen-bond acceptors (Lipinski definition) is 5. The van der Waals surface area contributed by atoms with Crippen molar-refractivity contribution in [3.05, 3.63) is 0 Å². The first-order valence-electron chi connectivity index (χ1n) is 4.56. The molecule has 1 N–H and O–H groups in total. The Bertz CT molecular complexity index is 142. The monoisotopic (exact) mass is 221 g/mol. The van der Waals surface area contributed by atoms with Crippen molar-refractivity contribution in [2.24, 2.45) is 0 Å². The zero-order valence-electron chi connectivity index (χ0n) is 8.78. The average Bonchev–Trinajstić information content (AvgIpc) is 2.46. The average molecular weight is 221 g/mol. The van der Waals surface area contributed by atoms with E-state index in [1.807, 2.05) is 23.9 Å². The summed E-state index contributed by atoms with van der Waals surface area (Å²) in [6, 6.07) is 0.535. The lowest BCUT2D eigenvalue weighted by Gasteiger charge is -2.29. The van der Waals surface area contributed by atoms with Crippen LogP contribution in [0.3, 0.4) is 0 Å². The van der Waals surface area contributed by atoms with Gasteiger partial charge in [-0.05, 0) is 26.4 Å². The van der Waals surface area contributed by atoms with Crippen molar-refractivity contribution in [3.63, 3.8) is 0 Å². The molecular weight excluding hydrogens is 202 g/mol. The Kier molecular flexibility index (Phi) is 4.89. The Labute approximate surface area is 89.9 Å². The molecule has 0 bridgehead atoms. The summed E-state index contributed by atoms with van der Waals surface area (Å²) < 4.78 is 4.77. The van der Waals surface area contributed by atoms with Gasteiger partial charge in [-0.2, -0.15) is 0 Å². The summed E-state index contributed by atoms with van der Waals surface area (Å²) in [5, 5.41) is 3.55. The molecule has 3 nitrogen and oxygen atoms in total. The van der Waals surface area contributed by atoms with Crippen molar-refractivity contribution in [1.29, 1.82) is 0 Å². The van der Waals surface area contributed by atoms with Gasteiger partial charge in [0.1, 0.15) is 6.29 Å². The summed E-state index contributed by atoms with van der Waals surface area (Å²) in [6.45, 7) is 6.67. The van der Waals surface area contributed by atoms with Crippen LogP contribution in [-0.2, 0) is 0 Å². The van der Waals surface area contributed by atoms with E-state index in [1.54, 1.807) is 0 Å². The number of rotatable bonds is 4. The first-order chi connectivity index (χ1) is 6.19. The van der Waals surface area contributed by atoms with Crippen molar-refractivity contribution in [2.45, 2.75) is 26.2 Å². The molecule has 1 aliphatic heterocycles. The van der Waals surface area contributed by atoms with Crippen LogP contribution in [0.1, 0.15) is 13.8 Å². The van der Waals surface area contributed by atoms with Crippen molar-refractivity contribution in [3.8, 4) is 0 Å². The van der Waals surface area contributed by atoms with Crippen LogP contribution in [0.4, 0.5) is 0 Å². The molecule has 0 aliphatic carbocycles. The standard InChI is InChI=1S/C8H19N3S2/c1-7(2)9-8-10(12-3)5-6-11(8)13-4/h7-9H,5-6H2,1-4H3. The lowest BCUT2D eigenvalue weighted by molar-refractivity contribution is 0.247. The van der Waals surface area contributed by atoms with Gasteiger partial charge < -0.3 is 0 Å². The molecule has 0 aromatic heterocycles. The largest absolute Gasteiger partial charge is 0.286 e. The van der Waals surface area contributed by atoms with Crippen molar-refractivity contribution >= 4 is 23.9 Å². The molecule has 5 heteroatoms. The molecule has 0 aromatic carbocycles. The fraction of sp³-hybridized carbons (Fsp3) is 1.00. The van der Waals surface area contributed by atoms with Gasteiger partial charge in [0.05, 0.1) is 0 Å². The minimum absolute atomic E-state index is 0.394. The maximum Gasteiger partial charge on any atom is 0.135 e. The third-order valence-electron chi connectivity index (χ3n) is 2.04. The minimum Gasteiger partial charge on any atom is -0.286 e. The Hall–Kier alpha value is 0.580. The molecule has 1 fully saturated rings. The van der Waals surface area contributed by atoms with Crippen LogP contribution >= 0.6 is 23.9 Å². The molecule has 1 aliphatic rings. The van der Waals surface area contributed by atoms with Gasteiger partial charge in [-0.25, -0.2) is 8.61 Å². The maximum absolute atomic E-state index is 3.55. The molecule has 0 aromatic rings. The Morgan fingerprint density at radius 1 is 1.15 bits per heavy atom. The molecule has 0 spiro atoms. The fourth-order valence-corrected chi connectivity index (χ4v) is 2.77. The van der Waals surface area contributed by atoms with E-state index in [4.69, 9.17) is 0 Å². The summed E-state index contributed by atoms with van der Waals surface area (Å²) in [4.78, 5) is 0. The first-order valence-corrected chi connectivity index (χ1v) is 6.93. The van der Waals surface area contributed by atoms with E-state index in [0.29, 0.717) is 12.3 Å². The van der Waals surface area contributed by atoms with E-state index in [-0.39, 0.29) is 0 Å². The van der Waals surface area contributed by atoms with Crippen LogP contribution in [0.5, 0.6) is 0 Å². The number of nitrogens with one attached hydrogen (secondary N) is 1. The van der Waals surface area contributed by atoms with Gasteiger partial charge in [0.15, 0.2) is 0 Å². The lowest BCUT2D eigenvalue weighted by Crippen LogP contribution is -2.47. The van der Waals surface area contributed by atoms with Crippen molar-refractivity contribution in [2.75, 3.05) is 25.6 Å². The zero-order valence-corrected chi connectivity index (χ0v) is 10.4. The first kappa shape index (κ1) is 11.7. The third kappa shape index (κ3) is 3.02. The highest BCUT2D eigenvalue weighted by Crippen LogP contribution is 2.24. The van der Waals surface area contributed by atoms with E-state index in [1.165, 1.54) is 0 Å². The van der Waals surface area contributed by atoms with Crippen LogP contribution in [0.2, 0.25) is 0 Å². The van der Waals surface area contributed by atoms with Crippen LogP contribution in [-0.4, -0.2) is 46.5 Å². The van der Waals surface area contributed by atoms with E-state index >= 15 is 0 Å². The van der Waals surface area contributed by atoms with Gasteiger partial charge in [0, 0.05) is 19.1 Å². The van der Waals surface area contributed by atoms with Gasteiger partial charge in [0.25, 0.3) is 0 Å². The minimum atomic E-state index is 0.394. The zero-order chi connectivity index (χ0) is 9.84. The highest BCUT2D eigenvalue weighted by Gasteiger charge is 2.31. The van der Waals surface area contributed by atoms with Gasteiger partial charge in [-0.15, -0.1) is 0 Å². The highest BCUT2D eigenvalue weighted by atomic mass is 32.2. The molecule has 1 rings (SSSR count). The van der Waals surface area contributed by atoms with E-state index < -0.39 is 0 Å². The van der Waals surface area contributed by atoms with Gasteiger partial charge in [-0.1, -0.05) is 23.9 Å². The van der Waals surface area contributed by atoms with Crippen LogP contribution in [0.25, 0.3) is 0 Å². The van der Waals surface area contributed by atoms with Gasteiger partial charge >= 0.3 is 0 Å². The molecule has 0 unspecified atom stereocenters. The molecular formula is C8H19N3S2.